The topological polar surface area (TPSA) is 91.4 Å². The average Bonchev–Trinajstić information content (AvgIpc) is 2.75. The van der Waals surface area contributed by atoms with E-state index in [1.54, 1.807) is 30.3 Å². The van der Waals surface area contributed by atoms with Gasteiger partial charge < -0.3 is 23.8 Å². The van der Waals surface area contributed by atoms with Crippen LogP contribution in [0.15, 0.2) is 47.4 Å². The molecule has 2 aromatic rings. The largest absolute Gasteiger partial charge is 0.497 e. The molecule has 0 unspecified atom stereocenters. The van der Waals surface area contributed by atoms with Gasteiger partial charge in [-0.05, 0) is 48.0 Å². The third-order valence-electron chi connectivity index (χ3n) is 5.09. The number of carbonyl (C=O) groups is 1. The van der Waals surface area contributed by atoms with Crippen LogP contribution in [0.4, 0.5) is 0 Å². The number of sulfone groups is 1. The minimum absolute atomic E-state index is 0.146. The molecular weight excluding hydrogens is 422 g/mol. The van der Waals surface area contributed by atoms with Crippen molar-refractivity contribution >= 4 is 21.8 Å². The molecule has 0 radical (unpaired) electrons. The smallest absolute Gasteiger partial charge is 0.246 e. The molecule has 1 fully saturated rings. The first-order valence-corrected chi connectivity index (χ1v) is 11.0. The minimum atomic E-state index is -3.51. The number of hydrogen-bond acceptors (Lipinski definition) is 7. The number of rotatable bonds is 8. The zero-order chi connectivity index (χ0) is 22.6. The van der Waals surface area contributed by atoms with Crippen molar-refractivity contribution in [3.05, 3.63) is 48.0 Å². The van der Waals surface area contributed by atoms with Crippen LogP contribution in [0.3, 0.4) is 0 Å². The maximum atomic E-state index is 12.7. The van der Waals surface area contributed by atoms with Crippen LogP contribution < -0.4 is 18.9 Å². The maximum Gasteiger partial charge on any atom is 0.246 e. The Kier molecular flexibility index (Phi) is 6.74. The van der Waals surface area contributed by atoms with Gasteiger partial charge in [-0.15, -0.1) is 0 Å². The molecule has 0 aromatic heterocycles. The van der Waals surface area contributed by atoms with Gasteiger partial charge in [0, 0.05) is 19.2 Å². The number of amides is 1. The van der Waals surface area contributed by atoms with Crippen molar-refractivity contribution in [2.45, 2.75) is 10.1 Å². The van der Waals surface area contributed by atoms with Crippen LogP contribution in [0.1, 0.15) is 5.56 Å². The summed E-state index contributed by atoms with van der Waals surface area (Å²) in [6.45, 7) is 0.291. The van der Waals surface area contributed by atoms with E-state index in [9.17, 15) is 13.2 Å². The first-order valence-electron chi connectivity index (χ1n) is 9.49. The van der Waals surface area contributed by atoms with Crippen molar-refractivity contribution < 1.29 is 32.2 Å². The van der Waals surface area contributed by atoms with Crippen molar-refractivity contribution in [2.75, 3.05) is 41.5 Å². The molecule has 0 saturated carbocycles. The first kappa shape index (κ1) is 22.5. The highest BCUT2D eigenvalue weighted by Gasteiger charge is 2.39. The second-order valence-corrected chi connectivity index (χ2v) is 9.11. The van der Waals surface area contributed by atoms with Crippen LogP contribution in [0.5, 0.6) is 23.0 Å². The molecule has 1 saturated heterocycles. The number of ether oxygens (including phenoxy) is 4. The molecule has 2 aromatic carbocycles. The lowest BCUT2D eigenvalue weighted by Gasteiger charge is -2.38. The Morgan fingerprint density at radius 2 is 1.52 bits per heavy atom. The number of carbonyl (C=O) groups excluding carboxylic acids is 1. The summed E-state index contributed by atoms with van der Waals surface area (Å²) in [5, 5.41) is -0.626. The molecule has 3 rings (SSSR count). The summed E-state index contributed by atoms with van der Waals surface area (Å²) in [4.78, 5) is 14.2. The lowest BCUT2D eigenvalue weighted by molar-refractivity contribution is -0.128. The van der Waals surface area contributed by atoms with Crippen LogP contribution in [0.25, 0.3) is 6.08 Å². The monoisotopic (exact) mass is 447 g/mol. The van der Waals surface area contributed by atoms with Crippen LogP contribution >= 0.6 is 0 Å². The van der Waals surface area contributed by atoms with E-state index in [-0.39, 0.29) is 23.9 Å². The second-order valence-electron chi connectivity index (χ2n) is 6.88. The average molecular weight is 448 g/mol. The van der Waals surface area contributed by atoms with E-state index in [1.165, 1.54) is 51.5 Å². The van der Waals surface area contributed by atoms with Gasteiger partial charge in [0.2, 0.25) is 11.7 Å². The van der Waals surface area contributed by atoms with E-state index in [4.69, 9.17) is 18.9 Å². The highest BCUT2D eigenvalue weighted by Crippen LogP contribution is 2.38. The molecule has 1 aliphatic heterocycles. The fourth-order valence-electron chi connectivity index (χ4n) is 3.24. The number of methoxy groups -OCH3 is 4. The van der Waals surface area contributed by atoms with E-state index in [2.05, 4.69) is 0 Å². The van der Waals surface area contributed by atoms with Gasteiger partial charge in [-0.1, -0.05) is 0 Å². The Labute approximate surface area is 181 Å². The fourth-order valence-corrected chi connectivity index (χ4v) is 4.90. The lowest BCUT2D eigenvalue weighted by Crippen LogP contribution is -2.56. The summed E-state index contributed by atoms with van der Waals surface area (Å²) in [7, 11) is 2.55. The number of hydrogen-bond donors (Lipinski definition) is 0. The van der Waals surface area contributed by atoms with Gasteiger partial charge in [0.15, 0.2) is 21.3 Å². The molecule has 166 valence electrons. The zero-order valence-corrected chi connectivity index (χ0v) is 18.6. The summed E-state index contributed by atoms with van der Waals surface area (Å²) in [6.07, 6.45) is 3.02. The Morgan fingerprint density at radius 3 is 2.00 bits per heavy atom. The third-order valence-corrected chi connectivity index (χ3v) is 7.20. The normalized spacial score (nSPS) is 14.3. The Balaban J connectivity index is 1.66. The SMILES string of the molecule is COc1ccc(S(=O)(=O)C2CN(C(=O)/C=C/c3cc(OC)c(OC)c(OC)c3)C2)cc1. The van der Waals surface area contributed by atoms with Crippen LogP contribution in [-0.4, -0.2) is 66.0 Å². The molecule has 0 bridgehead atoms. The Morgan fingerprint density at radius 1 is 0.935 bits per heavy atom. The quantitative estimate of drug-likeness (QED) is 0.574. The van der Waals surface area contributed by atoms with E-state index in [0.29, 0.717) is 28.6 Å². The summed E-state index contributed by atoms with van der Waals surface area (Å²) >= 11 is 0. The lowest BCUT2D eigenvalue weighted by atomic mass is 10.1. The second kappa shape index (κ2) is 9.30. The van der Waals surface area contributed by atoms with Gasteiger partial charge in [0.05, 0.1) is 33.3 Å². The first-order chi connectivity index (χ1) is 14.8. The van der Waals surface area contributed by atoms with Gasteiger partial charge in [-0.2, -0.15) is 0 Å². The molecular formula is C22H25NO7S. The van der Waals surface area contributed by atoms with Crippen LogP contribution in [0.2, 0.25) is 0 Å². The third kappa shape index (κ3) is 4.61. The summed E-state index contributed by atoms with van der Waals surface area (Å²) in [6, 6.07) is 9.69. The Bertz CT molecular complexity index is 1050. The van der Waals surface area contributed by atoms with Crippen LogP contribution in [-0.2, 0) is 14.6 Å². The fraction of sp³-hybridized carbons (Fsp3) is 0.318. The van der Waals surface area contributed by atoms with Crippen LogP contribution in [0, 0.1) is 0 Å². The number of benzene rings is 2. The van der Waals surface area contributed by atoms with Gasteiger partial charge in [0.1, 0.15) is 11.0 Å². The van der Waals surface area contributed by atoms with Crippen molar-refractivity contribution in [3.8, 4) is 23.0 Å². The molecule has 1 aliphatic rings. The van der Waals surface area contributed by atoms with Crippen molar-refractivity contribution in [2.24, 2.45) is 0 Å². The van der Waals surface area contributed by atoms with E-state index in [0.717, 1.165) is 0 Å². The molecule has 1 heterocycles. The predicted molar refractivity (Wildman–Crippen MR) is 116 cm³/mol. The summed E-state index contributed by atoms with van der Waals surface area (Å²) < 4.78 is 46.4. The molecule has 8 nitrogen and oxygen atoms in total. The standard InChI is InChI=1S/C22H25NO7S/c1-27-16-6-8-17(9-7-16)31(25,26)18-13-23(14-18)21(24)10-5-15-11-19(28-2)22(30-4)20(12-15)29-3/h5-12,18H,13-14H2,1-4H3/b10-5+. The maximum absolute atomic E-state index is 12.7. The van der Waals surface area contributed by atoms with Gasteiger partial charge >= 0.3 is 0 Å². The van der Waals surface area contributed by atoms with Gasteiger partial charge in [-0.25, -0.2) is 8.42 Å². The van der Waals surface area contributed by atoms with E-state index < -0.39 is 15.1 Å². The number of likely N-dealkylation sites (tertiary alicyclic amines) is 1. The van der Waals surface area contributed by atoms with Gasteiger partial charge in [-0.3, -0.25) is 4.79 Å². The molecule has 0 atom stereocenters. The summed E-state index contributed by atoms with van der Waals surface area (Å²) in [5.41, 5.74) is 0.686. The molecule has 1 amide bonds. The van der Waals surface area contributed by atoms with Crippen molar-refractivity contribution in [1.82, 2.24) is 4.90 Å². The molecule has 0 spiro atoms. The zero-order valence-electron chi connectivity index (χ0n) is 17.8. The molecule has 31 heavy (non-hydrogen) atoms. The van der Waals surface area contributed by atoms with Crippen molar-refractivity contribution in [1.29, 1.82) is 0 Å². The number of nitrogens with zero attached hydrogens (tertiary/aromatic N) is 1. The highest BCUT2D eigenvalue weighted by atomic mass is 32.2. The van der Waals surface area contributed by atoms with E-state index >= 15 is 0 Å². The summed E-state index contributed by atoms with van der Waals surface area (Å²) in [5.74, 6) is 1.73. The van der Waals surface area contributed by atoms with Gasteiger partial charge in [0.25, 0.3) is 0 Å². The molecule has 9 heteroatoms. The van der Waals surface area contributed by atoms with Crippen molar-refractivity contribution in [3.63, 3.8) is 0 Å². The Hall–Kier alpha value is -3.20. The minimum Gasteiger partial charge on any atom is -0.497 e. The predicted octanol–water partition coefficient (Wildman–Crippen LogP) is 2.42. The molecule has 0 aliphatic carbocycles. The highest BCUT2D eigenvalue weighted by molar-refractivity contribution is 7.92. The molecule has 0 N–H and O–H groups in total. The van der Waals surface area contributed by atoms with E-state index in [1.807, 2.05) is 0 Å².